The summed E-state index contributed by atoms with van der Waals surface area (Å²) < 4.78 is 41.2. The summed E-state index contributed by atoms with van der Waals surface area (Å²) in [5, 5.41) is 18.8. The Balaban J connectivity index is 2.49. The Morgan fingerprint density at radius 2 is 1.71 bits per heavy atom. The fourth-order valence-corrected chi connectivity index (χ4v) is 1.99. The number of aromatic hydroxyl groups is 1. The third-order valence-corrected chi connectivity index (χ3v) is 2.86. The predicted molar refractivity (Wildman–Crippen MR) is 71.0 cm³/mol. The van der Waals surface area contributed by atoms with Crippen LogP contribution in [0.1, 0.15) is 5.56 Å². The predicted octanol–water partition coefficient (Wildman–Crippen LogP) is 3.49. The normalized spacial score (nSPS) is 11.4. The number of phenols is 1. The van der Waals surface area contributed by atoms with Crippen LogP contribution >= 0.6 is 0 Å². The largest absolute Gasteiger partial charge is 0.573 e. The first kappa shape index (κ1) is 15.2. The van der Waals surface area contributed by atoms with Crippen molar-refractivity contribution in [2.45, 2.75) is 12.8 Å². The zero-order valence-corrected chi connectivity index (χ0v) is 10.9. The van der Waals surface area contributed by atoms with Gasteiger partial charge in [0.15, 0.2) is 0 Å². The van der Waals surface area contributed by atoms with E-state index in [0.29, 0.717) is 12.0 Å². The molecule has 0 aliphatic rings. The first-order valence-electron chi connectivity index (χ1n) is 6.18. The van der Waals surface area contributed by atoms with E-state index < -0.39 is 6.36 Å². The van der Waals surface area contributed by atoms with Gasteiger partial charge in [0.1, 0.15) is 11.5 Å². The zero-order valence-electron chi connectivity index (χ0n) is 10.9. The van der Waals surface area contributed by atoms with E-state index in [-0.39, 0.29) is 29.2 Å². The van der Waals surface area contributed by atoms with Gasteiger partial charge in [-0.2, -0.15) is 0 Å². The summed E-state index contributed by atoms with van der Waals surface area (Å²) in [6.07, 6.45) is -4.47. The molecule has 21 heavy (non-hydrogen) atoms. The van der Waals surface area contributed by atoms with E-state index in [4.69, 9.17) is 5.11 Å². The van der Waals surface area contributed by atoms with E-state index >= 15 is 0 Å². The Labute approximate surface area is 119 Å². The van der Waals surface area contributed by atoms with Gasteiger partial charge in [-0.1, -0.05) is 24.3 Å². The molecule has 0 aromatic heterocycles. The summed E-state index contributed by atoms with van der Waals surface area (Å²) in [5.74, 6) is -0.545. The van der Waals surface area contributed by atoms with Gasteiger partial charge >= 0.3 is 6.36 Å². The molecular formula is C15H13F3O3. The van der Waals surface area contributed by atoms with Crippen LogP contribution in [0.15, 0.2) is 42.5 Å². The van der Waals surface area contributed by atoms with E-state index in [1.165, 1.54) is 30.3 Å². The monoisotopic (exact) mass is 298 g/mol. The lowest BCUT2D eigenvalue weighted by Gasteiger charge is -2.14. The Kier molecular flexibility index (Phi) is 4.37. The van der Waals surface area contributed by atoms with Crippen molar-refractivity contribution in [3.05, 3.63) is 48.0 Å². The standard InChI is InChI=1S/C15H13F3O3/c16-15(17,18)21-14-4-2-1-3-11(14)12-9-10(7-8-19)5-6-13(12)20/h1-6,9,19-20H,7-8H2. The Morgan fingerprint density at radius 3 is 2.38 bits per heavy atom. The number of rotatable bonds is 4. The minimum absolute atomic E-state index is 0.0923. The summed E-state index contributed by atoms with van der Waals surface area (Å²) in [5.41, 5.74) is 1.06. The van der Waals surface area contributed by atoms with Crippen LogP contribution in [0.2, 0.25) is 0 Å². The average molecular weight is 298 g/mol. The quantitative estimate of drug-likeness (QED) is 0.908. The van der Waals surface area contributed by atoms with Crippen molar-refractivity contribution in [1.82, 2.24) is 0 Å². The molecule has 112 valence electrons. The number of para-hydroxylation sites is 1. The van der Waals surface area contributed by atoms with Gasteiger partial charge < -0.3 is 14.9 Å². The number of aliphatic hydroxyl groups excluding tert-OH is 1. The minimum Gasteiger partial charge on any atom is -0.507 e. The summed E-state index contributed by atoms with van der Waals surface area (Å²) in [4.78, 5) is 0. The number of aliphatic hydroxyl groups is 1. The smallest absolute Gasteiger partial charge is 0.507 e. The fraction of sp³-hybridized carbons (Fsp3) is 0.200. The van der Waals surface area contributed by atoms with Gasteiger partial charge in [0, 0.05) is 17.7 Å². The number of hydrogen-bond acceptors (Lipinski definition) is 3. The Hall–Kier alpha value is -2.21. The SMILES string of the molecule is OCCc1ccc(O)c(-c2ccccc2OC(F)(F)F)c1. The molecule has 0 amide bonds. The number of halogens is 3. The molecule has 0 fully saturated rings. The second kappa shape index (κ2) is 6.05. The number of benzene rings is 2. The van der Waals surface area contributed by atoms with Gasteiger partial charge in [-0.15, -0.1) is 13.2 Å². The molecule has 3 nitrogen and oxygen atoms in total. The molecule has 0 heterocycles. The lowest BCUT2D eigenvalue weighted by atomic mass is 10.00. The average Bonchev–Trinajstić information content (AvgIpc) is 2.40. The maximum Gasteiger partial charge on any atom is 0.573 e. The molecule has 2 aromatic rings. The molecular weight excluding hydrogens is 285 g/mol. The van der Waals surface area contributed by atoms with Crippen LogP contribution in [-0.4, -0.2) is 23.2 Å². The third-order valence-electron chi connectivity index (χ3n) is 2.86. The van der Waals surface area contributed by atoms with Crippen molar-refractivity contribution < 1.29 is 28.1 Å². The van der Waals surface area contributed by atoms with Crippen molar-refractivity contribution in [1.29, 1.82) is 0 Å². The lowest BCUT2D eigenvalue weighted by molar-refractivity contribution is -0.274. The number of hydrogen-bond donors (Lipinski definition) is 2. The molecule has 0 aliphatic heterocycles. The van der Waals surface area contributed by atoms with E-state index in [0.717, 1.165) is 0 Å². The van der Waals surface area contributed by atoms with Crippen LogP contribution in [0.3, 0.4) is 0 Å². The highest BCUT2D eigenvalue weighted by atomic mass is 19.4. The first-order valence-corrected chi connectivity index (χ1v) is 6.18. The molecule has 0 saturated heterocycles. The fourth-order valence-electron chi connectivity index (χ4n) is 1.99. The highest BCUT2D eigenvalue weighted by molar-refractivity contribution is 5.76. The second-order valence-electron chi connectivity index (χ2n) is 4.37. The molecule has 2 aromatic carbocycles. The van der Waals surface area contributed by atoms with Crippen LogP contribution in [0.25, 0.3) is 11.1 Å². The van der Waals surface area contributed by atoms with Crippen molar-refractivity contribution in [2.24, 2.45) is 0 Å². The molecule has 6 heteroatoms. The number of phenolic OH excluding ortho intramolecular Hbond substituents is 1. The van der Waals surface area contributed by atoms with E-state index in [9.17, 15) is 18.3 Å². The summed E-state index contributed by atoms with van der Waals surface area (Å²) in [7, 11) is 0. The van der Waals surface area contributed by atoms with Crippen LogP contribution < -0.4 is 4.74 Å². The molecule has 2 N–H and O–H groups in total. The lowest BCUT2D eigenvalue weighted by Crippen LogP contribution is -2.17. The molecule has 0 atom stereocenters. The van der Waals surface area contributed by atoms with Crippen LogP contribution in [0.5, 0.6) is 11.5 Å². The highest BCUT2D eigenvalue weighted by Gasteiger charge is 2.32. The summed E-state index contributed by atoms with van der Waals surface area (Å²) in [6, 6.07) is 10.1. The van der Waals surface area contributed by atoms with Crippen LogP contribution in [0.4, 0.5) is 13.2 Å². The van der Waals surface area contributed by atoms with Crippen LogP contribution in [0, 0.1) is 0 Å². The molecule has 0 spiro atoms. The van der Waals surface area contributed by atoms with Gasteiger partial charge in [0.2, 0.25) is 0 Å². The highest BCUT2D eigenvalue weighted by Crippen LogP contribution is 2.38. The maximum atomic E-state index is 12.4. The van der Waals surface area contributed by atoms with Gasteiger partial charge in [-0.25, -0.2) is 0 Å². The van der Waals surface area contributed by atoms with Crippen molar-refractivity contribution in [3.63, 3.8) is 0 Å². The van der Waals surface area contributed by atoms with Crippen molar-refractivity contribution in [2.75, 3.05) is 6.61 Å². The van der Waals surface area contributed by atoms with Crippen molar-refractivity contribution >= 4 is 0 Å². The molecule has 0 unspecified atom stereocenters. The zero-order chi connectivity index (χ0) is 15.5. The first-order chi connectivity index (χ1) is 9.90. The van der Waals surface area contributed by atoms with E-state index in [1.54, 1.807) is 12.1 Å². The summed E-state index contributed by atoms with van der Waals surface area (Å²) in [6.45, 7) is -0.0923. The van der Waals surface area contributed by atoms with Gasteiger partial charge in [-0.05, 0) is 30.2 Å². The molecule has 0 radical (unpaired) electrons. The Morgan fingerprint density at radius 1 is 1.00 bits per heavy atom. The van der Waals surface area contributed by atoms with E-state index in [1.807, 2.05) is 0 Å². The Bertz CT molecular complexity index is 624. The van der Waals surface area contributed by atoms with Crippen LogP contribution in [-0.2, 0) is 6.42 Å². The van der Waals surface area contributed by atoms with E-state index in [2.05, 4.69) is 4.74 Å². The maximum absolute atomic E-state index is 12.4. The minimum atomic E-state index is -4.81. The molecule has 0 bridgehead atoms. The van der Waals surface area contributed by atoms with Gasteiger partial charge in [-0.3, -0.25) is 0 Å². The van der Waals surface area contributed by atoms with Gasteiger partial charge in [0.05, 0.1) is 0 Å². The topological polar surface area (TPSA) is 49.7 Å². The van der Waals surface area contributed by atoms with Crippen molar-refractivity contribution in [3.8, 4) is 22.6 Å². The summed E-state index contributed by atoms with van der Waals surface area (Å²) >= 11 is 0. The molecule has 2 rings (SSSR count). The number of alkyl halides is 3. The second-order valence-corrected chi connectivity index (χ2v) is 4.37. The number of ether oxygens (including phenoxy) is 1. The molecule has 0 saturated carbocycles. The third kappa shape index (κ3) is 3.88. The van der Waals surface area contributed by atoms with Gasteiger partial charge in [0.25, 0.3) is 0 Å². The molecule has 0 aliphatic carbocycles.